The summed E-state index contributed by atoms with van der Waals surface area (Å²) in [5.74, 6) is 0.975. The number of ether oxygens (including phenoxy) is 1. The zero-order chi connectivity index (χ0) is 11.7. The van der Waals surface area contributed by atoms with Gasteiger partial charge in [0.25, 0.3) is 0 Å². The second-order valence-corrected chi connectivity index (χ2v) is 4.67. The lowest BCUT2D eigenvalue weighted by Gasteiger charge is -2.12. The third-order valence-electron chi connectivity index (χ3n) is 3.43. The first-order valence-electron chi connectivity index (χ1n) is 6.12. The van der Waals surface area contributed by atoms with Crippen molar-refractivity contribution >= 4 is 0 Å². The molecule has 1 heteroatoms. The molecule has 0 aromatic heterocycles. The summed E-state index contributed by atoms with van der Waals surface area (Å²) in [6, 6.07) is 16.6. The summed E-state index contributed by atoms with van der Waals surface area (Å²) in [4.78, 5) is 0. The van der Waals surface area contributed by atoms with Crippen molar-refractivity contribution in [1.82, 2.24) is 0 Å². The van der Waals surface area contributed by atoms with Crippen LogP contribution < -0.4 is 4.74 Å². The van der Waals surface area contributed by atoms with Crippen molar-refractivity contribution in [3.63, 3.8) is 0 Å². The zero-order valence-corrected chi connectivity index (χ0v) is 10.0. The number of para-hydroxylation sites is 1. The standard InChI is InChI=1S/C16H16O/c1-12-6-5-7-13-10-15(11-16(12)13)17-14-8-3-2-4-9-14/h2-9,15H,10-11H2,1H3. The molecule has 0 aliphatic heterocycles. The number of fused-ring (bicyclic) bond motifs is 1. The summed E-state index contributed by atoms with van der Waals surface area (Å²) in [5, 5.41) is 0. The Balaban J connectivity index is 1.77. The van der Waals surface area contributed by atoms with Crippen molar-refractivity contribution in [2.75, 3.05) is 0 Å². The molecule has 2 aromatic carbocycles. The largest absolute Gasteiger partial charge is 0.490 e. The van der Waals surface area contributed by atoms with Crippen molar-refractivity contribution in [3.05, 3.63) is 65.2 Å². The van der Waals surface area contributed by atoms with Gasteiger partial charge in [0.1, 0.15) is 11.9 Å². The number of hydrogen-bond donors (Lipinski definition) is 0. The van der Waals surface area contributed by atoms with E-state index in [-0.39, 0.29) is 0 Å². The fourth-order valence-corrected chi connectivity index (χ4v) is 2.57. The van der Waals surface area contributed by atoms with Gasteiger partial charge in [-0.25, -0.2) is 0 Å². The van der Waals surface area contributed by atoms with Gasteiger partial charge in [-0.3, -0.25) is 0 Å². The van der Waals surface area contributed by atoms with Crippen LogP contribution in [-0.4, -0.2) is 6.10 Å². The van der Waals surface area contributed by atoms with Crippen LogP contribution in [0.5, 0.6) is 5.75 Å². The highest BCUT2D eigenvalue weighted by molar-refractivity contribution is 5.39. The molecule has 0 fully saturated rings. The average Bonchev–Trinajstić information content (AvgIpc) is 2.74. The van der Waals surface area contributed by atoms with Crippen molar-refractivity contribution in [2.45, 2.75) is 25.9 Å². The van der Waals surface area contributed by atoms with Gasteiger partial charge in [-0.1, -0.05) is 36.4 Å². The monoisotopic (exact) mass is 224 g/mol. The minimum absolute atomic E-state index is 0.300. The van der Waals surface area contributed by atoms with E-state index in [0.29, 0.717) is 6.10 Å². The molecule has 86 valence electrons. The maximum absolute atomic E-state index is 6.01. The normalized spacial score (nSPS) is 17.8. The summed E-state index contributed by atoms with van der Waals surface area (Å²) >= 11 is 0. The van der Waals surface area contributed by atoms with Crippen molar-refractivity contribution in [1.29, 1.82) is 0 Å². The Morgan fingerprint density at radius 1 is 0.941 bits per heavy atom. The highest BCUT2D eigenvalue weighted by Gasteiger charge is 2.23. The van der Waals surface area contributed by atoms with E-state index in [9.17, 15) is 0 Å². The number of benzene rings is 2. The molecule has 1 aliphatic carbocycles. The summed E-state index contributed by atoms with van der Waals surface area (Å²) in [7, 11) is 0. The van der Waals surface area contributed by atoms with E-state index in [0.717, 1.165) is 18.6 Å². The molecule has 1 unspecified atom stereocenters. The van der Waals surface area contributed by atoms with Gasteiger partial charge in [0, 0.05) is 12.8 Å². The average molecular weight is 224 g/mol. The molecular weight excluding hydrogens is 208 g/mol. The predicted molar refractivity (Wildman–Crippen MR) is 69.4 cm³/mol. The Bertz CT molecular complexity index is 516. The van der Waals surface area contributed by atoms with Crippen LogP contribution in [0.4, 0.5) is 0 Å². The fourth-order valence-electron chi connectivity index (χ4n) is 2.57. The molecule has 0 radical (unpaired) electrons. The first kappa shape index (κ1) is 10.4. The summed E-state index contributed by atoms with van der Waals surface area (Å²) in [5.41, 5.74) is 4.32. The van der Waals surface area contributed by atoms with E-state index in [1.807, 2.05) is 30.3 Å². The number of hydrogen-bond acceptors (Lipinski definition) is 1. The van der Waals surface area contributed by atoms with Crippen LogP contribution in [0.15, 0.2) is 48.5 Å². The number of aryl methyl sites for hydroxylation is 1. The zero-order valence-electron chi connectivity index (χ0n) is 10.0. The fraction of sp³-hybridized carbons (Fsp3) is 0.250. The van der Waals surface area contributed by atoms with Gasteiger partial charge < -0.3 is 4.74 Å². The van der Waals surface area contributed by atoms with E-state index in [4.69, 9.17) is 4.74 Å². The van der Waals surface area contributed by atoms with Crippen LogP contribution in [0.25, 0.3) is 0 Å². The molecule has 0 heterocycles. The van der Waals surface area contributed by atoms with E-state index < -0.39 is 0 Å². The molecule has 17 heavy (non-hydrogen) atoms. The second-order valence-electron chi connectivity index (χ2n) is 4.67. The van der Waals surface area contributed by atoms with Gasteiger partial charge >= 0.3 is 0 Å². The Morgan fingerprint density at radius 2 is 1.76 bits per heavy atom. The van der Waals surface area contributed by atoms with Crippen LogP contribution in [0.1, 0.15) is 16.7 Å². The molecule has 0 saturated heterocycles. The van der Waals surface area contributed by atoms with Crippen molar-refractivity contribution in [2.24, 2.45) is 0 Å². The molecule has 1 aliphatic rings. The van der Waals surface area contributed by atoms with Crippen LogP contribution in [0, 0.1) is 6.92 Å². The SMILES string of the molecule is Cc1cccc2c1CC(Oc1ccccc1)C2. The Labute approximate surface area is 102 Å². The minimum Gasteiger partial charge on any atom is -0.490 e. The highest BCUT2D eigenvalue weighted by Crippen LogP contribution is 2.27. The third-order valence-corrected chi connectivity index (χ3v) is 3.43. The summed E-state index contributed by atoms with van der Waals surface area (Å²) < 4.78 is 6.01. The Hall–Kier alpha value is -1.76. The van der Waals surface area contributed by atoms with Gasteiger partial charge in [-0.2, -0.15) is 0 Å². The summed E-state index contributed by atoms with van der Waals surface area (Å²) in [6.07, 6.45) is 2.37. The van der Waals surface area contributed by atoms with Crippen LogP contribution in [0.2, 0.25) is 0 Å². The molecule has 2 aromatic rings. The van der Waals surface area contributed by atoms with Crippen LogP contribution in [0.3, 0.4) is 0 Å². The molecule has 1 nitrogen and oxygen atoms in total. The van der Waals surface area contributed by atoms with E-state index >= 15 is 0 Å². The molecule has 0 bridgehead atoms. The summed E-state index contributed by atoms with van der Waals surface area (Å²) in [6.45, 7) is 2.18. The Kier molecular flexibility index (Phi) is 2.60. The van der Waals surface area contributed by atoms with Gasteiger partial charge in [-0.15, -0.1) is 0 Å². The van der Waals surface area contributed by atoms with Crippen LogP contribution in [-0.2, 0) is 12.8 Å². The first-order valence-corrected chi connectivity index (χ1v) is 6.12. The Morgan fingerprint density at radius 3 is 2.53 bits per heavy atom. The van der Waals surface area contributed by atoms with Gasteiger partial charge in [0.15, 0.2) is 0 Å². The molecule has 0 N–H and O–H groups in total. The van der Waals surface area contributed by atoms with E-state index in [1.54, 1.807) is 0 Å². The van der Waals surface area contributed by atoms with Gasteiger partial charge in [0.05, 0.1) is 0 Å². The smallest absolute Gasteiger partial charge is 0.119 e. The highest BCUT2D eigenvalue weighted by atomic mass is 16.5. The maximum Gasteiger partial charge on any atom is 0.119 e. The number of rotatable bonds is 2. The lowest BCUT2D eigenvalue weighted by molar-refractivity contribution is 0.214. The van der Waals surface area contributed by atoms with Crippen molar-refractivity contribution in [3.8, 4) is 5.75 Å². The van der Waals surface area contributed by atoms with Crippen LogP contribution >= 0.6 is 0 Å². The second kappa shape index (κ2) is 4.25. The molecule has 0 saturated carbocycles. The van der Waals surface area contributed by atoms with Gasteiger partial charge in [0.2, 0.25) is 0 Å². The quantitative estimate of drug-likeness (QED) is 0.758. The van der Waals surface area contributed by atoms with Crippen molar-refractivity contribution < 1.29 is 4.74 Å². The minimum atomic E-state index is 0.300. The molecule has 0 amide bonds. The molecule has 0 spiro atoms. The molecule has 1 atom stereocenters. The van der Waals surface area contributed by atoms with E-state index in [1.165, 1.54) is 16.7 Å². The lowest BCUT2D eigenvalue weighted by Crippen LogP contribution is -2.16. The first-order chi connectivity index (χ1) is 8.33. The lowest BCUT2D eigenvalue weighted by atomic mass is 10.1. The maximum atomic E-state index is 6.01. The topological polar surface area (TPSA) is 9.23 Å². The van der Waals surface area contributed by atoms with Gasteiger partial charge in [-0.05, 0) is 35.7 Å². The molecular formula is C16H16O. The third kappa shape index (κ3) is 2.05. The molecule has 3 rings (SSSR count). The van der Waals surface area contributed by atoms with E-state index in [2.05, 4.69) is 25.1 Å². The predicted octanol–water partition coefficient (Wildman–Crippen LogP) is 3.54.